The van der Waals surface area contributed by atoms with E-state index in [2.05, 4.69) is 28.4 Å². The van der Waals surface area contributed by atoms with Crippen LogP contribution in [-0.2, 0) is 6.54 Å². The van der Waals surface area contributed by atoms with E-state index in [1.807, 2.05) is 19.2 Å². The van der Waals surface area contributed by atoms with Crippen molar-refractivity contribution in [2.24, 2.45) is 0 Å². The number of aromatic nitrogens is 3. The van der Waals surface area contributed by atoms with Crippen LogP contribution in [0.15, 0.2) is 12.3 Å². The molecule has 0 aliphatic carbocycles. The van der Waals surface area contributed by atoms with Crippen molar-refractivity contribution in [3.8, 4) is 0 Å². The van der Waals surface area contributed by atoms with Crippen LogP contribution in [0.3, 0.4) is 0 Å². The zero-order valence-corrected chi connectivity index (χ0v) is 13.8. The van der Waals surface area contributed by atoms with Gasteiger partial charge in [-0.05, 0) is 51.9 Å². The third kappa shape index (κ3) is 2.79. The van der Waals surface area contributed by atoms with Gasteiger partial charge in [-0.1, -0.05) is 6.42 Å². The maximum Gasteiger partial charge on any atom is 0.160 e. The van der Waals surface area contributed by atoms with Gasteiger partial charge in [-0.25, -0.2) is 9.97 Å². The van der Waals surface area contributed by atoms with Crippen LogP contribution in [-0.4, -0.2) is 39.1 Å². The lowest BCUT2D eigenvalue weighted by Crippen LogP contribution is -2.39. The highest BCUT2D eigenvalue weighted by atomic mass is 35.5. The van der Waals surface area contributed by atoms with E-state index in [1.54, 1.807) is 0 Å². The van der Waals surface area contributed by atoms with Crippen molar-refractivity contribution in [3.63, 3.8) is 0 Å². The van der Waals surface area contributed by atoms with E-state index < -0.39 is 0 Å². The summed E-state index contributed by atoms with van der Waals surface area (Å²) in [6, 6.07) is 2.56. The third-order valence-corrected chi connectivity index (χ3v) is 4.73. The fraction of sp³-hybridized carbons (Fsp3) is 0.625. The van der Waals surface area contributed by atoms with Crippen molar-refractivity contribution >= 4 is 22.8 Å². The number of likely N-dealkylation sites (tertiary alicyclic amines) is 1. The van der Waals surface area contributed by atoms with Crippen LogP contribution in [0.4, 0.5) is 0 Å². The highest BCUT2D eigenvalue weighted by Gasteiger charge is 2.24. The number of likely N-dealkylation sites (N-methyl/N-ethyl adjacent to an activating group) is 1. The summed E-state index contributed by atoms with van der Waals surface area (Å²) in [6.07, 6.45) is 5.70. The molecule has 21 heavy (non-hydrogen) atoms. The van der Waals surface area contributed by atoms with Crippen molar-refractivity contribution in [3.05, 3.63) is 23.7 Å². The Hall–Kier alpha value is -1.13. The second kappa shape index (κ2) is 5.93. The molecule has 2 unspecified atom stereocenters. The monoisotopic (exact) mass is 306 g/mol. The quantitative estimate of drug-likeness (QED) is 0.814. The molecule has 0 N–H and O–H groups in total. The average Bonchev–Trinajstić information content (AvgIpc) is 2.82. The summed E-state index contributed by atoms with van der Waals surface area (Å²) in [6.45, 7) is 6.17. The summed E-state index contributed by atoms with van der Waals surface area (Å²) in [4.78, 5) is 11.8. The average molecular weight is 307 g/mol. The smallest absolute Gasteiger partial charge is 0.160 e. The molecule has 2 aromatic heterocycles. The lowest BCUT2D eigenvalue weighted by atomic mass is 10.0. The van der Waals surface area contributed by atoms with Crippen LogP contribution in [0.1, 0.15) is 43.0 Å². The first-order valence-corrected chi connectivity index (χ1v) is 8.17. The molecule has 0 saturated carbocycles. The zero-order valence-electron chi connectivity index (χ0n) is 13.0. The zero-order chi connectivity index (χ0) is 15.0. The number of pyridine rings is 1. The molecule has 1 aliphatic rings. The molecule has 4 nitrogen and oxygen atoms in total. The summed E-state index contributed by atoms with van der Waals surface area (Å²) < 4.78 is 2.23. The highest BCUT2D eigenvalue weighted by Crippen LogP contribution is 2.27. The summed E-state index contributed by atoms with van der Waals surface area (Å²) in [7, 11) is 2.21. The standard InChI is InChI=1S/C16H23ClN4/c1-11-7-8-18-16-14(11)19-15(12(2)17)21(16)10-13-6-4-5-9-20(13)3/h7-8,12-13H,4-6,9-10H2,1-3H3. The molecular weight excluding hydrogens is 284 g/mol. The largest absolute Gasteiger partial charge is 0.310 e. The minimum Gasteiger partial charge on any atom is -0.310 e. The van der Waals surface area contributed by atoms with E-state index in [4.69, 9.17) is 16.6 Å². The molecule has 2 aromatic rings. The van der Waals surface area contributed by atoms with Crippen LogP contribution in [0.5, 0.6) is 0 Å². The highest BCUT2D eigenvalue weighted by molar-refractivity contribution is 6.20. The van der Waals surface area contributed by atoms with E-state index in [0.717, 1.165) is 29.1 Å². The van der Waals surface area contributed by atoms with Gasteiger partial charge in [0.15, 0.2) is 5.65 Å². The minimum absolute atomic E-state index is 0.104. The molecule has 0 aromatic carbocycles. The fourth-order valence-corrected chi connectivity index (χ4v) is 3.39. The first kappa shape index (κ1) is 14.8. The molecular formula is C16H23ClN4. The Labute approximate surface area is 131 Å². The van der Waals surface area contributed by atoms with Gasteiger partial charge >= 0.3 is 0 Å². The van der Waals surface area contributed by atoms with Gasteiger partial charge in [0.1, 0.15) is 11.3 Å². The number of halogens is 1. The number of rotatable bonds is 3. The molecule has 0 radical (unpaired) electrons. The van der Waals surface area contributed by atoms with Crippen LogP contribution in [0.2, 0.25) is 0 Å². The van der Waals surface area contributed by atoms with Crippen molar-refractivity contribution in [1.82, 2.24) is 19.4 Å². The fourth-order valence-electron chi connectivity index (χ4n) is 3.22. The maximum absolute atomic E-state index is 6.36. The second-order valence-corrected chi connectivity index (χ2v) is 6.78. The Morgan fingerprint density at radius 1 is 1.43 bits per heavy atom. The molecule has 2 atom stereocenters. The van der Waals surface area contributed by atoms with E-state index in [-0.39, 0.29) is 5.38 Å². The van der Waals surface area contributed by atoms with E-state index in [0.29, 0.717) is 6.04 Å². The Kier molecular flexibility index (Phi) is 4.18. The summed E-state index contributed by atoms with van der Waals surface area (Å²) in [5, 5.41) is -0.104. The van der Waals surface area contributed by atoms with Crippen LogP contribution >= 0.6 is 11.6 Å². The van der Waals surface area contributed by atoms with E-state index in [9.17, 15) is 0 Å². The molecule has 1 saturated heterocycles. The molecule has 0 amide bonds. The molecule has 0 bridgehead atoms. The second-order valence-electron chi connectivity index (χ2n) is 6.13. The number of piperidine rings is 1. The molecule has 1 aliphatic heterocycles. The lowest BCUT2D eigenvalue weighted by Gasteiger charge is -2.33. The maximum atomic E-state index is 6.36. The summed E-state index contributed by atoms with van der Waals surface area (Å²) in [5.74, 6) is 0.937. The van der Waals surface area contributed by atoms with Gasteiger partial charge in [0.2, 0.25) is 0 Å². The minimum atomic E-state index is -0.104. The van der Waals surface area contributed by atoms with Crippen molar-refractivity contribution < 1.29 is 0 Å². The predicted molar refractivity (Wildman–Crippen MR) is 86.8 cm³/mol. The van der Waals surface area contributed by atoms with Gasteiger partial charge < -0.3 is 9.47 Å². The molecule has 0 spiro atoms. The van der Waals surface area contributed by atoms with Gasteiger partial charge in [-0.2, -0.15) is 0 Å². The number of aryl methyl sites for hydroxylation is 1. The van der Waals surface area contributed by atoms with Crippen LogP contribution < -0.4 is 0 Å². The van der Waals surface area contributed by atoms with Crippen molar-refractivity contribution in [2.45, 2.75) is 51.1 Å². The van der Waals surface area contributed by atoms with Gasteiger partial charge in [0.25, 0.3) is 0 Å². The number of hydrogen-bond donors (Lipinski definition) is 0. The molecule has 5 heteroatoms. The summed E-state index contributed by atoms with van der Waals surface area (Å²) in [5.41, 5.74) is 3.12. The van der Waals surface area contributed by atoms with Gasteiger partial charge in [0.05, 0.1) is 5.38 Å². The Morgan fingerprint density at radius 2 is 2.24 bits per heavy atom. The van der Waals surface area contributed by atoms with Crippen LogP contribution in [0.25, 0.3) is 11.2 Å². The van der Waals surface area contributed by atoms with Gasteiger partial charge in [-0.15, -0.1) is 11.6 Å². The van der Waals surface area contributed by atoms with Crippen molar-refractivity contribution in [2.75, 3.05) is 13.6 Å². The molecule has 3 heterocycles. The Balaban J connectivity index is 2.03. The normalized spacial score (nSPS) is 21.8. The molecule has 114 valence electrons. The number of alkyl halides is 1. The van der Waals surface area contributed by atoms with Gasteiger partial charge in [0, 0.05) is 18.8 Å². The predicted octanol–water partition coefficient (Wildman–Crippen LogP) is 3.52. The first-order chi connectivity index (χ1) is 10.1. The number of hydrogen-bond acceptors (Lipinski definition) is 3. The topological polar surface area (TPSA) is 34.0 Å². The van der Waals surface area contributed by atoms with Crippen molar-refractivity contribution in [1.29, 1.82) is 0 Å². The van der Waals surface area contributed by atoms with Crippen LogP contribution in [0, 0.1) is 6.92 Å². The number of fused-ring (bicyclic) bond motifs is 1. The number of nitrogens with zero attached hydrogens (tertiary/aromatic N) is 4. The Morgan fingerprint density at radius 3 is 2.95 bits per heavy atom. The Bertz CT molecular complexity index is 634. The first-order valence-electron chi connectivity index (χ1n) is 7.74. The summed E-state index contributed by atoms with van der Waals surface area (Å²) >= 11 is 6.36. The van der Waals surface area contributed by atoms with E-state index >= 15 is 0 Å². The third-order valence-electron chi connectivity index (χ3n) is 4.54. The SMILES string of the molecule is Cc1ccnc2c1nc(C(C)Cl)n2CC1CCCCN1C. The molecule has 1 fully saturated rings. The van der Waals surface area contributed by atoms with Gasteiger partial charge in [-0.3, -0.25) is 0 Å². The lowest BCUT2D eigenvalue weighted by molar-refractivity contribution is 0.167. The number of imidazole rings is 1. The molecule has 3 rings (SSSR count). The van der Waals surface area contributed by atoms with E-state index in [1.165, 1.54) is 25.8 Å².